The van der Waals surface area contributed by atoms with Gasteiger partial charge in [-0.05, 0) is 45.9 Å². The maximum atomic E-state index is 12.9. The zero-order valence-electron chi connectivity index (χ0n) is 15.1. The van der Waals surface area contributed by atoms with Crippen molar-refractivity contribution in [3.05, 3.63) is 17.7 Å². The predicted octanol–water partition coefficient (Wildman–Crippen LogP) is 2.32. The number of carbonyl (C=O) groups excluding carboxylic acids is 1. The molecule has 0 spiro atoms. The van der Waals surface area contributed by atoms with E-state index in [1.165, 1.54) is 0 Å². The summed E-state index contributed by atoms with van der Waals surface area (Å²) in [6.07, 6.45) is 0.968. The van der Waals surface area contributed by atoms with E-state index in [0.717, 1.165) is 19.5 Å². The molecule has 24 heavy (non-hydrogen) atoms. The van der Waals surface area contributed by atoms with Crippen LogP contribution in [0.5, 0.6) is 17.2 Å². The van der Waals surface area contributed by atoms with Gasteiger partial charge in [0.05, 0.1) is 19.8 Å². The minimum atomic E-state index is -0.0337. The molecule has 0 saturated carbocycles. The number of rotatable bonds is 8. The molecule has 134 valence electrons. The summed E-state index contributed by atoms with van der Waals surface area (Å²) in [6, 6.07) is 3.71. The molecule has 6 heteroatoms. The summed E-state index contributed by atoms with van der Waals surface area (Å²) in [4.78, 5) is 14.7. The van der Waals surface area contributed by atoms with Crippen molar-refractivity contribution in [2.75, 3.05) is 40.0 Å². The van der Waals surface area contributed by atoms with Crippen molar-refractivity contribution >= 4 is 5.91 Å². The number of ether oxygens (including phenoxy) is 3. The standard InChI is InChI=1S/C18H28N2O4/c1-5-22-15-10-13(11-16(23-6-2)17(15)24-7-3)18(21)20(4)14-8-9-19-12-14/h10-11,14,19H,5-9,12H2,1-4H3. The fourth-order valence-electron chi connectivity index (χ4n) is 2.85. The Morgan fingerprint density at radius 2 is 1.71 bits per heavy atom. The number of hydrogen-bond donors (Lipinski definition) is 1. The first-order valence-electron chi connectivity index (χ1n) is 8.66. The van der Waals surface area contributed by atoms with Gasteiger partial charge in [0.2, 0.25) is 5.75 Å². The molecule has 0 aromatic heterocycles. The van der Waals surface area contributed by atoms with Gasteiger partial charge in [0.1, 0.15) is 0 Å². The lowest BCUT2D eigenvalue weighted by atomic mass is 10.1. The van der Waals surface area contributed by atoms with Crippen molar-refractivity contribution in [1.82, 2.24) is 10.2 Å². The van der Waals surface area contributed by atoms with E-state index in [1.807, 2.05) is 27.8 Å². The monoisotopic (exact) mass is 336 g/mol. The molecule has 6 nitrogen and oxygen atoms in total. The minimum Gasteiger partial charge on any atom is -0.490 e. The molecule has 1 atom stereocenters. The van der Waals surface area contributed by atoms with Crippen LogP contribution in [0.3, 0.4) is 0 Å². The average molecular weight is 336 g/mol. The van der Waals surface area contributed by atoms with Crippen LogP contribution in [0.4, 0.5) is 0 Å². The van der Waals surface area contributed by atoms with Gasteiger partial charge in [-0.3, -0.25) is 4.79 Å². The van der Waals surface area contributed by atoms with Crippen LogP contribution in [0, 0.1) is 0 Å². The minimum absolute atomic E-state index is 0.0337. The quantitative estimate of drug-likeness (QED) is 0.789. The molecule has 1 aromatic carbocycles. The van der Waals surface area contributed by atoms with Gasteiger partial charge in [0, 0.05) is 25.2 Å². The Morgan fingerprint density at radius 1 is 1.12 bits per heavy atom. The van der Waals surface area contributed by atoms with Gasteiger partial charge < -0.3 is 24.4 Å². The van der Waals surface area contributed by atoms with Crippen LogP contribution in [-0.2, 0) is 0 Å². The molecule has 1 aliphatic heterocycles. The summed E-state index contributed by atoms with van der Waals surface area (Å²) >= 11 is 0. The van der Waals surface area contributed by atoms with Crippen molar-refractivity contribution in [3.8, 4) is 17.2 Å². The Kier molecular flexibility index (Phi) is 6.73. The third kappa shape index (κ3) is 4.12. The first-order chi connectivity index (χ1) is 11.6. The van der Waals surface area contributed by atoms with Crippen molar-refractivity contribution in [3.63, 3.8) is 0 Å². The molecule has 0 aliphatic carbocycles. The first-order valence-corrected chi connectivity index (χ1v) is 8.66. The summed E-state index contributed by atoms with van der Waals surface area (Å²) < 4.78 is 17.1. The zero-order valence-corrected chi connectivity index (χ0v) is 15.1. The van der Waals surface area contributed by atoms with Crippen LogP contribution in [-0.4, -0.2) is 56.8 Å². The molecule has 0 radical (unpaired) electrons. The lowest BCUT2D eigenvalue weighted by molar-refractivity contribution is 0.0742. The van der Waals surface area contributed by atoms with E-state index in [4.69, 9.17) is 14.2 Å². The fourth-order valence-corrected chi connectivity index (χ4v) is 2.85. The van der Waals surface area contributed by atoms with Crippen LogP contribution < -0.4 is 19.5 Å². The average Bonchev–Trinajstić information content (AvgIpc) is 3.11. The Hall–Kier alpha value is -1.95. The van der Waals surface area contributed by atoms with Gasteiger partial charge in [-0.25, -0.2) is 0 Å². The molecule has 0 bridgehead atoms. The van der Waals surface area contributed by atoms with Crippen LogP contribution >= 0.6 is 0 Å². The van der Waals surface area contributed by atoms with Gasteiger partial charge in [0.25, 0.3) is 5.91 Å². The maximum absolute atomic E-state index is 12.9. The number of hydrogen-bond acceptors (Lipinski definition) is 5. The molecule has 1 unspecified atom stereocenters. The van der Waals surface area contributed by atoms with Crippen LogP contribution in [0.2, 0.25) is 0 Å². The molecule has 2 rings (SSSR count). The molecular formula is C18H28N2O4. The summed E-state index contributed by atoms with van der Waals surface area (Å²) in [7, 11) is 1.84. The van der Waals surface area contributed by atoms with Crippen molar-refractivity contribution in [1.29, 1.82) is 0 Å². The highest BCUT2D eigenvalue weighted by Crippen LogP contribution is 2.39. The maximum Gasteiger partial charge on any atom is 0.254 e. The normalized spacial score (nSPS) is 16.8. The van der Waals surface area contributed by atoms with Gasteiger partial charge in [0.15, 0.2) is 11.5 Å². The SMILES string of the molecule is CCOc1cc(C(=O)N(C)C2CCNC2)cc(OCC)c1OCC. The second-order valence-electron chi connectivity index (χ2n) is 5.66. The summed E-state index contributed by atoms with van der Waals surface area (Å²) in [5.74, 6) is 1.62. The molecule has 1 fully saturated rings. The third-order valence-corrected chi connectivity index (χ3v) is 4.06. The molecule has 1 N–H and O–H groups in total. The molecule has 1 amide bonds. The number of benzene rings is 1. The Morgan fingerprint density at radius 3 is 2.17 bits per heavy atom. The second kappa shape index (κ2) is 8.78. The van der Waals surface area contributed by atoms with E-state index in [-0.39, 0.29) is 11.9 Å². The molecule has 1 aromatic rings. The van der Waals surface area contributed by atoms with Crippen LogP contribution in [0.1, 0.15) is 37.6 Å². The van der Waals surface area contributed by atoms with Gasteiger partial charge in [-0.15, -0.1) is 0 Å². The smallest absolute Gasteiger partial charge is 0.254 e. The largest absolute Gasteiger partial charge is 0.490 e. The van der Waals surface area contributed by atoms with Crippen molar-refractivity contribution in [2.24, 2.45) is 0 Å². The lowest BCUT2D eigenvalue weighted by Gasteiger charge is -2.25. The Bertz CT molecular complexity index is 529. The number of carbonyl (C=O) groups is 1. The summed E-state index contributed by atoms with van der Waals surface area (Å²) in [5, 5.41) is 3.29. The predicted molar refractivity (Wildman–Crippen MR) is 93.3 cm³/mol. The molecule has 1 saturated heterocycles. The molecular weight excluding hydrogens is 308 g/mol. The molecule has 1 heterocycles. The van der Waals surface area contributed by atoms with E-state index < -0.39 is 0 Å². The van der Waals surface area contributed by atoms with Crippen LogP contribution in [0.15, 0.2) is 12.1 Å². The van der Waals surface area contributed by atoms with Gasteiger partial charge >= 0.3 is 0 Å². The molecule has 1 aliphatic rings. The third-order valence-electron chi connectivity index (χ3n) is 4.06. The zero-order chi connectivity index (χ0) is 17.5. The van der Waals surface area contributed by atoms with E-state index >= 15 is 0 Å². The second-order valence-corrected chi connectivity index (χ2v) is 5.66. The van der Waals surface area contributed by atoms with Crippen molar-refractivity contribution < 1.29 is 19.0 Å². The topological polar surface area (TPSA) is 60.0 Å². The van der Waals surface area contributed by atoms with Crippen LogP contribution in [0.25, 0.3) is 0 Å². The Balaban J connectivity index is 2.35. The number of nitrogens with zero attached hydrogens (tertiary/aromatic N) is 1. The van der Waals surface area contributed by atoms with E-state index in [9.17, 15) is 4.79 Å². The van der Waals surface area contributed by atoms with E-state index in [2.05, 4.69) is 5.32 Å². The summed E-state index contributed by atoms with van der Waals surface area (Å²) in [5.41, 5.74) is 0.555. The lowest BCUT2D eigenvalue weighted by Crippen LogP contribution is -2.38. The van der Waals surface area contributed by atoms with Crippen molar-refractivity contribution in [2.45, 2.75) is 33.2 Å². The Labute approximate surface area is 144 Å². The highest BCUT2D eigenvalue weighted by atomic mass is 16.5. The summed E-state index contributed by atoms with van der Waals surface area (Å²) in [6.45, 7) is 8.97. The fraction of sp³-hybridized carbons (Fsp3) is 0.611. The van der Waals surface area contributed by atoms with E-state index in [0.29, 0.717) is 42.6 Å². The number of likely N-dealkylation sites (N-methyl/N-ethyl adjacent to an activating group) is 1. The van der Waals surface area contributed by atoms with Gasteiger partial charge in [-0.1, -0.05) is 0 Å². The van der Waals surface area contributed by atoms with E-state index in [1.54, 1.807) is 17.0 Å². The first kappa shape index (κ1) is 18.4. The highest BCUT2D eigenvalue weighted by molar-refractivity contribution is 5.95. The number of amides is 1. The number of nitrogens with one attached hydrogen (secondary N) is 1. The van der Waals surface area contributed by atoms with Gasteiger partial charge in [-0.2, -0.15) is 0 Å². The highest BCUT2D eigenvalue weighted by Gasteiger charge is 2.26.